The maximum atomic E-state index is 13.0. The number of anilines is 1. The fraction of sp³-hybridized carbons (Fsp3) is 0.632. The van der Waals surface area contributed by atoms with Gasteiger partial charge >= 0.3 is 0 Å². The monoisotopic (exact) mass is 429 g/mol. The SMILES string of the molecule is COc1ccc(NC(=O)C2CCCN(S(=O)(=O)N3CCC(C)CC3)C2)cc1Cl. The number of piperidine rings is 2. The van der Waals surface area contributed by atoms with E-state index in [0.717, 1.165) is 12.8 Å². The first kappa shape index (κ1) is 21.4. The van der Waals surface area contributed by atoms with E-state index in [4.69, 9.17) is 16.3 Å². The highest BCUT2D eigenvalue weighted by Gasteiger charge is 2.37. The van der Waals surface area contributed by atoms with E-state index in [-0.39, 0.29) is 18.4 Å². The summed E-state index contributed by atoms with van der Waals surface area (Å²) in [5, 5.41) is 3.26. The molecule has 0 aromatic heterocycles. The van der Waals surface area contributed by atoms with Crippen molar-refractivity contribution in [2.24, 2.45) is 11.8 Å². The second-order valence-corrected chi connectivity index (χ2v) is 9.96. The molecule has 0 spiro atoms. The Kier molecular flexibility index (Phi) is 6.85. The number of amides is 1. The number of nitrogens with zero attached hydrogens (tertiary/aromatic N) is 2. The zero-order chi connectivity index (χ0) is 20.3. The molecule has 28 heavy (non-hydrogen) atoms. The van der Waals surface area contributed by atoms with Gasteiger partial charge in [-0.2, -0.15) is 17.0 Å². The number of benzene rings is 1. The first-order valence-corrected chi connectivity index (χ1v) is 11.5. The molecule has 2 heterocycles. The van der Waals surface area contributed by atoms with Gasteiger partial charge in [-0.15, -0.1) is 0 Å². The van der Waals surface area contributed by atoms with Crippen LogP contribution in [0.1, 0.15) is 32.6 Å². The van der Waals surface area contributed by atoms with Crippen molar-refractivity contribution in [1.82, 2.24) is 8.61 Å². The van der Waals surface area contributed by atoms with Crippen LogP contribution in [0.25, 0.3) is 0 Å². The molecule has 1 aromatic carbocycles. The topological polar surface area (TPSA) is 79.0 Å². The van der Waals surface area contributed by atoms with Gasteiger partial charge in [0.15, 0.2) is 0 Å². The summed E-state index contributed by atoms with van der Waals surface area (Å²) >= 11 is 6.11. The maximum absolute atomic E-state index is 13.0. The molecule has 3 rings (SSSR count). The van der Waals surface area contributed by atoms with E-state index in [1.54, 1.807) is 22.5 Å². The molecule has 9 heteroatoms. The number of hydrogen-bond acceptors (Lipinski definition) is 4. The van der Waals surface area contributed by atoms with Crippen LogP contribution in [0.3, 0.4) is 0 Å². The lowest BCUT2D eigenvalue weighted by molar-refractivity contribution is -0.120. The minimum Gasteiger partial charge on any atom is -0.495 e. The molecule has 1 atom stereocenters. The molecule has 1 N–H and O–H groups in total. The summed E-state index contributed by atoms with van der Waals surface area (Å²) in [6, 6.07) is 5.03. The highest BCUT2D eigenvalue weighted by molar-refractivity contribution is 7.86. The molecule has 0 aliphatic carbocycles. The summed E-state index contributed by atoms with van der Waals surface area (Å²) in [6.07, 6.45) is 3.11. The molecule has 0 bridgehead atoms. The van der Waals surface area contributed by atoms with Gasteiger partial charge in [0.25, 0.3) is 10.2 Å². The molecule has 1 aromatic rings. The number of hydrogen-bond donors (Lipinski definition) is 1. The fourth-order valence-electron chi connectivity index (χ4n) is 3.73. The normalized spacial score (nSPS) is 22.8. The summed E-state index contributed by atoms with van der Waals surface area (Å²) in [7, 11) is -1.99. The Hall–Kier alpha value is -1.35. The number of methoxy groups -OCH3 is 1. The molecular weight excluding hydrogens is 402 g/mol. The molecule has 0 radical (unpaired) electrons. The van der Waals surface area contributed by atoms with E-state index in [1.807, 2.05) is 0 Å². The fourth-order valence-corrected chi connectivity index (χ4v) is 5.72. The molecule has 7 nitrogen and oxygen atoms in total. The van der Waals surface area contributed by atoms with Gasteiger partial charge in [0.1, 0.15) is 5.75 Å². The summed E-state index contributed by atoms with van der Waals surface area (Å²) in [6.45, 7) is 3.94. The van der Waals surface area contributed by atoms with Crippen LogP contribution in [0.15, 0.2) is 18.2 Å². The summed E-state index contributed by atoms with van der Waals surface area (Å²) in [5.41, 5.74) is 0.570. The number of halogens is 1. The minimum atomic E-state index is -3.51. The van der Waals surface area contributed by atoms with Crippen molar-refractivity contribution in [3.8, 4) is 5.75 Å². The molecule has 156 valence electrons. The highest BCUT2D eigenvalue weighted by Crippen LogP contribution is 2.29. The van der Waals surface area contributed by atoms with Crippen LogP contribution in [0.2, 0.25) is 5.02 Å². The summed E-state index contributed by atoms with van der Waals surface area (Å²) < 4.78 is 34.1. The van der Waals surface area contributed by atoms with Gasteiger partial charge in [-0.05, 0) is 49.8 Å². The lowest BCUT2D eigenvalue weighted by Gasteiger charge is -2.37. The molecular formula is C19H28ClN3O4S. The Balaban J connectivity index is 1.64. The van der Waals surface area contributed by atoms with Crippen LogP contribution in [0.4, 0.5) is 5.69 Å². The predicted octanol–water partition coefficient (Wildman–Crippen LogP) is 2.98. The zero-order valence-corrected chi connectivity index (χ0v) is 17.9. The average Bonchev–Trinajstić information content (AvgIpc) is 2.68. The van der Waals surface area contributed by atoms with Gasteiger partial charge in [0.2, 0.25) is 5.91 Å². The van der Waals surface area contributed by atoms with E-state index in [1.165, 1.54) is 11.4 Å². The summed E-state index contributed by atoms with van der Waals surface area (Å²) in [5.74, 6) is 0.523. The molecule has 1 amide bonds. The van der Waals surface area contributed by atoms with E-state index in [2.05, 4.69) is 12.2 Å². The Morgan fingerprint density at radius 2 is 1.89 bits per heavy atom. The number of ether oxygens (including phenoxy) is 1. The van der Waals surface area contributed by atoms with E-state index >= 15 is 0 Å². The van der Waals surface area contributed by atoms with Crippen LogP contribution >= 0.6 is 11.6 Å². The van der Waals surface area contributed by atoms with Crippen molar-refractivity contribution in [2.75, 3.05) is 38.6 Å². The van der Waals surface area contributed by atoms with Crippen LogP contribution in [-0.4, -0.2) is 56.2 Å². The first-order chi connectivity index (χ1) is 13.3. The molecule has 2 saturated heterocycles. The third-order valence-electron chi connectivity index (χ3n) is 5.57. The largest absolute Gasteiger partial charge is 0.495 e. The third-order valence-corrected chi connectivity index (χ3v) is 7.87. The van der Waals surface area contributed by atoms with Crippen molar-refractivity contribution in [2.45, 2.75) is 32.6 Å². The first-order valence-electron chi connectivity index (χ1n) is 9.71. The van der Waals surface area contributed by atoms with Crippen molar-refractivity contribution in [3.05, 3.63) is 23.2 Å². The molecule has 2 fully saturated rings. The van der Waals surface area contributed by atoms with Crippen molar-refractivity contribution in [1.29, 1.82) is 0 Å². The molecule has 0 saturated carbocycles. The number of carbonyl (C=O) groups excluding carboxylic acids is 1. The van der Waals surface area contributed by atoms with Crippen LogP contribution in [0, 0.1) is 11.8 Å². The lowest BCUT2D eigenvalue weighted by atomic mass is 9.98. The molecule has 1 unspecified atom stereocenters. The van der Waals surface area contributed by atoms with E-state index in [0.29, 0.717) is 54.9 Å². The second kappa shape index (κ2) is 8.98. The van der Waals surface area contributed by atoms with E-state index < -0.39 is 10.2 Å². The molecule has 2 aliphatic heterocycles. The lowest BCUT2D eigenvalue weighted by Crippen LogP contribution is -2.51. The van der Waals surface area contributed by atoms with Gasteiger partial charge < -0.3 is 10.1 Å². The number of nitrogens with one attached hydrogen (secondary N) is 1. The average molecular weight is 430 g/mol. The van der Waals surface area contributed by atoms with Crippen LogP contribution in [0.5, 0.6) is 5.75 Å². The number of rotatable bonds is 5. The zero-order valence-electron chi connectivity index (χ0n) is 16.4. The number of carbonyl (C=O) groups is 1. The second-order valence-electron chi connectivity index (χ2n) is 7.63. The van der Waals surface area contributed by atoms with Crippen molar-refractivity contribution >= 4 is 33.4 Å². The van der Waals surface area contributed by atoms with Gasteiger partial charge in [0, 0.05) is 31.9 Å². The highest BCUT2D eigenvalue weighted by atomic mass is 35.5. The van der Waals surface area contributed by atoms with E-state index in [9.17, 15) is 13.2 Å². The smallest absolute Gasteiger partial charge is 0.281 e. The summed E-state index contributed by atoms with van der Waals surface area (Å²) in [4.78, 5) is 12.7. The Morgan fingerprint density at radius 1 is 1.18 bits per heavy atom. The predicted molar refractivity (Wildman–Crippen MR) is 110 cm³/mol. The van der Waals surface area contributed by atoms with Gasteiger partial charge in [-0.1, -0.05) is 18.5 Å². The van der Waals surface area contributed by atoms with Gasteiger partial charge in [0.05, 0.1) is 18.1 Å². The van der Waals surface area contributed by atoms with Crippen LogP contribution < -0.4 is 10.1 Å². The quantitative estimate of drug-likeness (QED) is 0.780. The van der Waals surface area contributed by atoms with Crippen molar-refractivity contribution < 1.29 is 17.9 Å². The van der Waals surface area contributed by atoms with Crippen molar-refractivity contribution in [3.63, 3.8) is 0 Å². The Labute approximate surface area is 172 Å². The Morgan fingerprint density at radius 3 is 2.54 bits per heavy atom. The standard InChI is InChI=1S/C19H28ClN3O4S/c1-14-7-10-22(11-8-14)28(25,26)23-9-3-4-15(13-23)19(24)21-16-5-6-18(27-2)17(20)12-16/h5-6,12,14-15H,3-4,7-11,13H2,1-2H3,(H,21,24). The molecule has 2 aliphatic rings. The van der Waals surface area contributed by atoms with Gasteiger partial charge in [-0.3, -0.25) is 4.79 Å². The van der Waals surface area contributed by atoms with Gasteiger partial charge in [-0.25, -0.2) is 0 Å². The maximum Gasteiger partial charge on any atom is 0.281 e. The minimum absolute atomic E-state index is 0.187. The Bertz CT molecular complexity index is 809. The third kappa shape index (κ3) is 4.79. The van der Waals surface area contributed by atoms with Crippen LogP contribution in [-0.2, 0) is 15.0 Å².